The highest BCUT2D eigenvalue weighted by Gasteiger charge is 2.45. The molecule has 1 atom stereocenters. The Morgan fingerprint density at radius 3 is 2.82 bits per heavy atom. The number of nitrogens with zero attached hydrogens (tertiary/aromatic N) is 2. The van der Waals surface area contributed by atoms with Crippen molar-refractivity contribution in [2.45, 2.75) is 38.3 Å². The molecule has 0 radical (unpaired) electrons. The van der Waals surface area contributed by atoms with E-state index in [1.165, 1.54) is 10.4 Å². The third-order valence-electron chi connectivity index (χ3n) is 6.00. The summed E-state index contributed by atoms with van der Waals surface area (Å²) in [6.07, 6.45) is 2.66. The lowest BCUT2D eigenvalue weighted by molar-refractivity contribution is -0.129. The zero-order valence-electron chi connectivity index (χ0n) is 16.3. The molecule has 5 nitrogen and oxygen atoms in total. The summed E-state index contributed by atoms with van der Waals surface area (Å²) in [7, 11) is 0. The van der Waals surface area contributed by atoms with Crippen LogP contribution in [0.3, 0.4) is 0 Å². The number of hydrogen-bond donors (Lipinski definition) is 1. The third kappa shape index (κ3) is 3.71. The van der Waals surface area contributed by atoms with E-state index in [4.69, 9.17) is 0 Å². The Morgan fingerprint density at radius 2 is 2.00 bits per heavy atom. The van der Waals surface area contributed by atoms with E-state index in [1.807, 2.05) is 48.6 Å². The topological polar surface area (TPSA) is 52.7 Å². The van der Waals surface area contributed by atoms with E-state index in [-0.39, 0.29) is 11.8 Å². The summed E-state index contributed by atoms with van der Waals surface area (Å²) >= 11 is 1.84. The zero-order chi connectivity index (χ0) is 19.6. The molecule has 0 aliphatic carbocycles. The largest absolute Gasteiger partial charge is 0.353 e. The average Bonchev–Trinajstić information content (AvgIpc) is 3.34. The second kappa shape index (κ2) is 8.05. The first-order valence-corrected chi connectivity index (χ1v) is 10.9. The van der Waals surface area contributed by atoms with E-state index in [2.05, 4.69) is 21.7 Å². The van der Waals surface area contributed by atoms with Crippen LogP contribution in [0.25, 0.3) is 0 Å². The maximum Gasteiger partial charge on any atom is 0.254 e. The average molecular weight is 398 g/mol. The van der Waals surface area contributed by atoms with Gasteiger partial charge < -0.3 is 10.2 Å². The third-order valence-corrected chi connectivity index (χ3v) is 7.02. The van der Waals surface area contributed by atoms with Crippen molar-refractivity contribution in [3.63, 3.8) is 0 Å². The molecule has 1 fully saturated rings. The summed E-state index contributed by atoms with van der Waals surface area (Å²) in [6.45, 7) is 5.98. The van der Waals surface area contributed by atoms with Crippen LogP contribution < -0.4 is 5.32 Å². The van der Waals surface area contributed by atoms with Crippen LogP contribution in [0, 0.1) is 0 Å². The second-order valence-electron chi connectivity index (χ2n) is 7.85. The predicted molar refractivity (Wildman–Crippen MR) is 111 cm³/mol. The number of hydrogen-bond acceptors (Lipinski definition) is 4. The monoisotopic (exact) mass is 397 g/mol. The maximum absolute atomic E-state index is 13.0. The molecule has 1 unspecified atom stereocenters. The zero-order valence-corrected chi connectivity index (χ0v) is 17.1. The molecular formula is C22H27N3O2S. The van der Waals surface area contributed by atoms with Crippen molar-refractivity contribution in [2.24, 2.45) is 0 Å². The summed E-state index contributed by atoms with van der Waals surface area (Å²) in [5, 5.41) is 5.26. The summed E-state index contributed by atoms with van der Waals surface area (Å²) in [5.41, 5.74) is 1.29. The van der Waals surface area contributed by atoms with E-state index in [1.54, 1.807) is 4.90 Å². The summed E-state index contributed by atoms with van der Waals surface area (Å²) in [5.74, 6) is -0.0979. The number of carbonyl (C=O) groups excluding carboxylic acids is 2. The molecule has 2 amide bonds. The van der Waals surface area contributed by atoms with Gasteiger partial charge in [0.2, 0.25) is 5.91 Å². The lowest BCUT2D eigenvalue weighted by Gasteiger charge is -2.34. The number of carbonyl (C=O) groups is 2. The lowest BCUT2D eigenvalue weighted by Crippen LogP contribution is -2.56. The molecule has 0 saturated carbocycles. The lowest BCUT2D eigenvalue weighted by atomic mass is 9.96. The van der Waals surface area contributed by atoms with Crippen LogP contribution in [0.1, 0.15) is 40.6 Å². The van der Waals surface area contributed by atoms with E-state index < -0.39 is 5.54 Å². The van der Waals surface area contributed by atoms with E-state index in [9.17, 15) is 9.59 Å². The Morgan fingerprint density at radius 1 is 1.18 bits per heavy atom. The Labute approximate surface area is 170 Å². The number of nitrogens with one attached hydrogen (secondary N) is 1. The van der Waals surface area contributed by atoms with Crippen LogP contribution in [0.15, 0.2) is 41.8 Å². The minimum Gasteiger partial charge on any atom is -0.353 e. The van der Waals surface area contributed by atoms with Gasteiger partial charge in [0.15, 0.2) is 0 Å². The van der Waals surface area contributed by atoms with E-state index >= 15 is 0 Å². The molecule has 1 aromatic heterocycles. The summed E-state index contributed by atoms with van der Waals surface area (Å²) in [4.78, 5) is 31.5. The van der Waals surface area contributed by atoms with Gasteiger partial charge in [0.05, 0.1) is 0 Å². The van der Waals surface area contributed by atoms with Gasteiger partial charge in [0, 0.05) is 43.2 Å². The number of likely N-dealkylation sites (tertiary alicyclic amines) is 1. The van der Waals surface area contributed by atoms with Gasteiger partial charge in [-0.05, 0) is 55.3 Å². The van der Waals surface area contributed by atoms with Crippen LogP contribution in [0.4, 0.5) is 0 Å². The Hall–Kier alpha value is -2.18. The molecule has 1 aromatic carbocycles. The van der Waals surface area contributed by atoms with Gasteiger partial charge in [-0.1, -0.05) is 18.2 Å². The van der Waals surface area contributed by atoms with Crippen molar-refractivity contribution in [1.29, 1.82) is 0 Å². The fourth-order valence-electron chi connectivity index (χ4n) is 4.28. The second-order valence-corrected chi connectivity index (χ2v) is 8.85. The number of rotatable bonds is 5. The first kappa shape index (κ1) is 19.2. The SMILES string of the molecule is CC1(C(=O)NCCN2CCc3sccc3C2)CCCN1C(=O)c1ccccc1. The quantitative estimate of drug-likeness (QED) is 0.844. The van der Waals surface area contributed by atoms with Gasteiger partial charge >= 0.3 is 0 Å². The van der Waals surface area contributed by atoms with Gasteiger partial charge in [-0.3, -0.25) is 14.5 Å². The van der Waals surface area contributed by atoms with Gasteiger partial charge in [0.25, 0.3) is 5.91 Å². The van der Waals surface area contributed by atoms with Crippen molar-refractivity contribution in [1.82, 2.24) is 15.1 Å². The highest BCUT2D eigenvalue weighted by Crippen LogP contribution is 2.31. The van der Waals surface area contributed by atoms with Crippen molar-refractivity contribution in [3.8, 4) is 0 Å². The van der Waals surface area contributed by atoms with Crippen molar-refractivity contribution < 1.29 is 9.59 Å². The minimum atomic E-state index is -0.769. The van der Waals surface area contributed by atoms with Crippen molar-refractivity contribution in [3.05, 3.63) is 57.8 Å². The van der Waals surface area contributed by atoms with Crippen LogP contribution in [-0.4, -0.2) is 53.3 Å². The molecule has 0 spiro atoms. The Bertz CT molecular complexity index is 850. The summed E-state index contributed by atoms with van der Waals surface area (Å²) in [6, 6.07) is 11.4. The van der Waals surface area contributed by atoms with Crippen LogP contribution >= 0.6 is 11.3 Å². The first-order valence-electron chi connectivity index (χ1n) is 10.0. The number of fused-ring (bicyclic) bond motifs is 1. The van der Waals surface area contributed by atoms with Gasteiger partial charge in [-0.2, -0.15) is 0 Å². The minimum absolute atomic E-state index is 0.0393. The van der Waals surface area contributed by atoms with E-state index in [0.717, 1.165) is 32.5 Å². The molecule has 3 heterocycles. The molecule has 6 heteroatoms. The molecule has 1 saturated heterocycles. The molecule has 0 bridgehead atoms. The molecule has 1 N–H and O–H groups in total. The number of thiophene rings is 1. The molecule has 148 valence electrons. The molecular weight excluding hydrogens is 370 g/mol. The van der Waals surface area contributed by atoms with Crippen LogP contribution in [0.2, 0.25) is 0 Å². The Kier molecular flexibility index (Phi) is 5.51. The molecule has 2 aliphatic heterocycles. The van der Waals surface area contributed by atoms with Gasteiger partial charge in [-0.25, -0.2) is 0 Å². The van der Waals surface area contributed by atoms with E-state index in [0.29, 0.717) is 25.1 Å². The fourth-order valence-corrected chi connectivity index (χ4v) is 5.17. The molecule has 4 rings (SSSR count). The van der Waals surface area contributed by atoms with Crippen molar-refractivity contribution in [2.75, 3.05) is 26.2 Å². The van der Waals surface area contributed by atoms with Crippen molar-refractivity contribution >= 4 is 23.2 Å². The normalized spacial score (nSPS) is 22.1. The molecule has 28 heavy (non-hydrogen) atoms. The first-order chi connectivity index (χ1) is 13.6. The maximum atomic E-state index is 13.0. The number of amides is 2. The van der Waals surface area contributed by atoms with Crippen LogP contribution in [0.5, 0.6) is 0 Å². The summed E-state index contributed by atoms with van der Waals surface area (Å²) < 4.78 is 0. The Balaban J connectivity index is 1.34. The smallest absolute Gasteiger partial charge is 0.254 e. The highest BCUT2D eigenvalue weighted by molar-refractivity contribution is 7.10. The predicted octanol–water partition coefficient (Wildman–Crippen LogP) is 2.92. The standard InChI is InChI=1S/C22H27N3O2S/c1-22(10-5-12-25(22)20(26)17-6-3-2-4-7-17)21(27)23-11-14-24-13-8-19-18(16-24)9-15-28-19/h2-4,6-7,9,15H,5,8,10-14,16H2,1H3,(H,23,27). The number of benzene rings is 1. The van der Waals surface area contributed by atoms with Crippen LogP contribution in [-0.2, 0) is 17.8 Å². The van der Waals surface area contributed by atoms with Gasteiger partial charge in [-0.15, -0.1) is 11.3 Å². The highest BCUT2D eigenvalue weighted by atomic mass is 32.1. The molecule has 2 aliphatic rings. The van der Waals surface area contributed by atoms with Gasteiger partial charge in [0.1, 0.15) is 5.54 Å². The fraction of sp³-hybridized carbons (Fsp3) is 0.455. The molecule has 2 aromatic rings.